The van der Waals surface area contributed by atoms with Gasteiger partial charge in [0.15, 0.2) is 5.78 Å². The molecule has 0 aromatic carbocycles. The number of carbonyl (C=O) groups is 1. The lowest BCUT2D eigenvalue weighted by Crippen LogP contribution is -2.17. The first-order valence-corrected chi connectivity index (χ1v) is 4.04. The van der Waals surface area contributed by atoms with Crippen molar-refractivity contribution in [1.82, 2.24) is 0 Å². The van der Waals surface area contributed by atoms with Gasteiger partial charge in [0.05, 0.1) is 6.10 Å². The normalized spacial score (nSPS) is 39.8. The van der Waals surface area contributed by atoms with E-state index in [0.29, 0.717) is 11.9 Å². The minimum Gasteiger partial charge on any atom is -0.367 e. The van der Waals surface area contributed by atoms with Gasteiger partial charge in [-0.15, -0.1) is 0 Å². The molecule has 2 aliphatic rings. The van der Waals surface area contributed by atoms with E-state index < -0.39 is 0 Å². The molecule has 56 valence electrons. The van der Waals surface area contributed by atoms with E-state index in [4.69, 9.17) is 4.74 Å². The van der Waals surface area contributed by atoms with Gasteiger partial charge in [-0.05, 0) is 25.7 Å². The third kappa shape index (κ3) is 0.966. The van der Waals surface area contributed by atoms with Crippen molar-refractivity contribution in [2.24, 2.45) is 0 Å². The van der Waals surface area contributed by atoms with Crippen LogP contribution in [0.2, 0.25) is 0 Å². The van der Waals surface area contributed by atoms with Crippen molar-refractivity contribution >= 4 is 5.78 Å². The summed E-state index contributed by atoms with van der Waals surface area (Å²) in [6.45, 7) is 0. The molecule has 2 bridgehead atoms. The van der Waals surface area contributed by atoms with Gasteiger partial charge >= 0.3 is 0 Å². The van der Waals surface area contributed by atoms with Crippen molar-refractivity contribution < 1.29 is 9.53 Å². The van der Waals surface area contributed by atoms with Gasteiger partial charge in [-0.1, -0.05) is 0 Å². The molecular formula is C8H12O2. The van der Waals surface area contributed by atoms with Gasteiger partial charge in [-0.25, -0.2) is 0 Å². The summed E-state index contributed by atoms with van der Waals surface area (Å²) in [6, 6.07) is 0. The standard InChI is InChI=1S/C8H12O2/c9-7-3-1-2-6-4-5-8(7)10-6/h6,8H,1-5H2/t6-,8+/m1/s1. The van der Waals surface area contributed by atoms with Crippen LogP contribution in [0.1, 0.15) is 32.1 Å². The summed E-state index contributed by atoms with van der Waals surface area (Å²) >= 11 is 0. The number of ether oxygens (including phenoxy) is 1. The molecule has 0 aromatic rings. The maximum absolute atomic E-state index is 11.1. The summed E-state index contributed by atoms with van der Waals surface area (Å²) in [5, 5.41) is 0. The number of carbonyl (C=O) groups excluding carboxylic acids is 1. The molecule has 2 atom stereocenters. The molecule has 2 heterocycles. The second kappa shape index (κ2) is 2.35. The molecule has 2 nitrogen and oxygen atoms in total. The average Bonchev–Trinajstić information content (AvgIpc) is 2.27. The zero-order chi connectivity index (χ0) is 6.97. The van der Waals surface area contributed by atoms with E-state index in [-0.39, 0.29) is 6.10 Å². The van der Waals surface area contributed by atoms with Gasteiger partial charge < -0.3 is 4.74 Å². The topological polar surface area (TPSA) is 26.3 Å². The third-order valence-corrected chi connectivity index (χ3v) is 2.42. The van der Waals surface area contributed by atoms with Gasteiger partial charge in [0, 0.05) is 6.42 Å². The van der Waals surface area contributed by atoms with Gasteiger partial charge in [0.1, 0.15) is 6.10 Å². The number of hydrogen-bond acceptors (Lipinski definition) is 2. The highest BCUT2D eigenvalue weighted by molar-refractivity contribution is 5.83. The van der Waals surface area contributed by atoms with Crippen LogP contribution in [-0.2, 0) is 9.53 Å². The number of Topliss-reactive ketones (excluding diaryl/α,β-unsaturated/α-hetero) is 1. The Labute approximate surface area is 60.6 Å². The summed E-state index contributed by atoms with van der Waals surface area (Å²) in [5.41, 5.74) is 0. The molecule has 0 radical (unpaired) electrons. The molecule has 2 saturated heterocycles. The zero-order valence-electron chi connectivity index (χ0n) is 6.01. The van der Waals surface area contributed by atoms with E-state index >= 15 is 0 Å². The number of rotatable bonds is 0. The van der Waals surface area contributed by atoms with Crippen molar-refractivity contribution in [1.29, 1.82) is 0 Å². The molecule has 0 aliphatic carbocycles. The lowest BCUT2D eigenvalue weighted by Gasteiger charge is -2.04. The molecule has 2 rings (SSSR count). The van der Waals surface area contributed by atoms with Crippen LogP contribution < -0.4 is 0 Å². The molecule has 0 aromatic heterocycles. The Morgan fingerprint density at radius 3 is 3.10 bits per heavy atom. The van der Waals surface area contributed by atoms with Crippen molar-refractivity contribution in [3.63, 3.8) is 0 Å². The average molecular weight is 140 g/mol. The SMILES string of the molecule is O=C1CCC[C@@H]2CC[C@@H]1O2. The van der Waals surface area contributed by atoms with Crippen molar-refractivity contribution in [2.45, 2.75) is 44.3 Å². The first-order valence-electron chi connectivity index (χ1n) is 4.04. The van der Waals surface area contributed by atoms with Crippen LogP contribution in [0.25, 0.3) is 0 Å². The molecule has 0 saturated carbocycles. The molecule has 0 amide bonds. The lowest BCUT2D eigenvalue weighted by atomic mass is 10.0. The highest BCUT2D eigenvalue weighted by atomic mass is 16.5. The van der Waals surface area contributed by atoms with E-state index in [0.717, 1.165) is 32.1 Å². The molecule has 0 N–H and O–H groups in total. The Hall–Kier alpha value is -0.370. The number of hydrogen-bond donors (Lipinski definition) is 0. The van der Waals surface area contributed by atoms with Crippen LogP contribution >= 0.6 is 0 Å². The molecule has 2 fully saturated rings. The minimum atomic E-state index is -0.0208. The van der Waals surface area contributed by atoms with Crippen LogP contribution in [0, 0.1) is 0 Å². The minimum absolute atomic E-state index is 0.0208. The Morgan fingerprint density at radius 2 is 2.20 bits per heavy atom. The monoisotopic (exact) mass is 140 g/mol. The maximum atomic E-state index is 11.1. The van der Waals surface area contributed by atoms with Crippen LogP contribution in [0.15, 0.2) is 0 Å². The first-order chi connectivity index (χ1) is 4.86. The molecule has 0 unspecified atom stereocenters. The van der Waals surface area contributed by atoms with Gasteiger partial charge in [0.2, 0.25) is 0 Å². The predicted molar refractivity (Wildman–Crippen MR) is 36.8 cm³/mol. The number of ketones is 1. The number of fused-ring (bicyclic) bond motifs is 2. The zero-order valence-corrected chi connectivity index (χ0v) is 6.01. The summed E-state index contributed by atoms with van der Waals surface area (Å²) in [6.07, 6.45) is 5.37. The van der Waals surface area contributed by atoms with Gasteiger partial charge in [-0.3, -0.25) is 4.79 Å². The summed E-state index contributed by atoms with van der Waals surface area (Å²) in [4.78, 5) is 11.1. The Bertz CT molecular complexity index is 153. The molecule has 2 aliphatic heterocycles. The molecular weight excluding hydrogens is 128 g/mol. The highest BCUT2D eigenvalue weighted by Gasteiger charge is 2.32. The molecule has 10 heavy (non-hydrogen) atoms. The Balaban J connectivity index is 2.10. The van der Waals surface area contributed by atoms with Crippen LogP contribution in [0.4, 0.5) is 0 Å². The summed E-state index contributed by atoms with van der Waals surface area (Å²) in [5.74, 6) is 0.333. The fourth-order valence-electron chi connectivity index (χ4n) is 1.82. The van der Waals surface area contributed by atoms with Crippen molar-refractivity contribution in [2.75, 3.05) is 0 Å². The smallest absolute Gasteiger partial charge is 0.161 e. The van der Waals surface area contributed by atoms with Gasteiger partial charge in [0.25, 0.3) is 0 Å². The second-order valence-corrected chi connectivity index (χ2v) is 3.18. The third-order valence-electron chi connectivity index (χ3n) is 2.42. The van der Waals surface area contributed by atoms with Crippen LogP contribution in [0.3, 0.4) is 0 Å². The molecule has 2 heteroatoms. The second-order valence-electron chi connectivity index (χ2n) is 3.18. The van der Waals surface area contributed by atoms with Gasteiger partial charge in [-0.2, -0.15) is 0 Å². The summed E-state index contributed by atoms with van der Waals surface area (Å²) in [7, 11) is 0. The quantitative estimate of drug-likeness (QED) is 0.506. The lowest BCUT2D eigenvalue weighted by molar-refractivity contribution is -0.128. The van der Waals surface area contributed by atoms with Crippen LogP contribution in [-0.4, -0.2) is 18.0 Å². The van der Waals surface area contributed by atoms with E-state index in [1.165, 1.54) is 0 Å². The fraction of sp³-hybridized carbons (Fsp3) is 0.875. The van der Waals surface area contributed by atoms with E-state index in [1.54, 1.807) is 0 Å². The largest absolute Gasteiger partial charge is 0.367 e. The molecule has 0 spiro atoms. The first kappa shape index (κ1) is 6.35. The van der Waals surface area contributed by atoms with E-state index in [9.17, 15) is 4.79 Å². The maximum Gasteiger partial charge on any atom is 0.161 e. The predicted octanol–water partition coefficient (Wildman–Crippen LogP) is 1.29. The van der Waals surface area contributed by atoms with Crippen LogP contribution in [0.5, 0.6) is 0 Å². The Kier molecular flexibility index (Phi) is 1.49. The van der Waals surface area contributed by atoms with E-state index in [2.05, 4.69) is 0 Å². The summed E-state index contributed by atoms with van der Waals surface area (Å²) < 4.78 is 5.48. The van der Waals surface area contributed by atoms with Crippen molar-refractivity contribution in [3.8, 4) is 0 Å². The van der Waals surface area contributed by atoms with Crippen molar-refractivity contribution in [3.05, 3.63) is 0 Å². The Morgan fingerprint density at radius 1 is 1.30 bits per heavy atom. The van der Waals surface area contributed by atoms with E-state index in [1.807, 2.05) is 0 Å². The fourth-order valence-corrected chi connectivity index (χ4v) is 1.82. The highest BCUT2D eigenvalue weighted by Crippen LogP contribution is 2.28.